The van der Waals surface area contributed by atoms with E-state index in [9.17, 15) is 10.1 Å². The zero-order valence-corrected chi connectivity index (χ0v) is 15.3. The van der Waals surface area contributed by atoms with E-state index in [1.54, 1.807) is 0 Å². The van der Waals surface area contributed by atoms with Gasteiger partial charge in [0.25, 0.3) is 0 Å². The average molecular weight is 336 g/mol. The maximum absolute atomic E-state index is 12.9. The summed E-state index contributed by atoms with van der Waals surface area (Å²) in [6.45, 7) is 8.69. The molecule has 0 bridgehead atoms. The molecule has 1 aromatic carbocycles. The molecule has 0 saturated heterocycles. The minimum Gasteiger partial charge on any atom is -0.494 e. The zero-order chi connectivity index (χ0) is 18.2. The molecule has 1 aliphatic carbocycles. The first-order valence-electron chi connectivity index (χ1n) is 8.73. The van der Waals surface area contributed by atoms with Crippen molar-refractivity contribution >= 4 is 5.78 Å². The lowest BCUT2D eigenvalue weighted by Gasteiger charge is -2.38. The lowest BCUT2D eigenvalue weighted by molar-refractivity contribution is -0.118. The largest absolute Gasteiger partial charge is 0.494 e. The normalized spacial score (nSPS) is 22.2. The molecule has 1 heterocycles. The van der Waals surface area contributed by atoms with Gasteiger partial charge in [-0.05, 0) is 43.4 Å². The summed E-state index contributed by atoms with van der Waals surface area (Å²) in [6.07, 6.45) is 1.33. The number of nitrogens with zero attached hydrogens (tertiary/aromatic N) is 1. The summed E-state index contributed by atoms with van der Waals surface area (Å²) in [7, 11) is 0. The predicted octanol–water partition coefficient (Wildman–Crippen LogP) is 4.21. The number of allylic oxidation sites excluding steroid dienone is 4. The third-order valence-corrected chi connectivity index (χ3v) is 4.88. The Kier molecular flexibility index (Phi) is 4.43. The van der Waals surface area contributed by atoms with Crippen LogP contribution in [0.4, 0.5) is 0 Å². The highest BCUT2D eigenvalue weighted by Gasteiger charge is 2.40. The number of hydrogen-bond acceptors (Lipinski definition) is 4. The quantitative estimate of drug-likeness (QED) is 0.898. The molecule has 0 amide bonds. The first-order chi connectivity index (χ1) is 11.9. The molecule has 0 fully saturated rings. The van der Waals surface area contributed by atoms with Gasteiger partial charge in [-0.2, -0.15) is 5.26 Å². The number of hydrogen-bond donors (Lipinski definition) is 1. The minimum atomic E-state index is -0.291. The third kappa shape index (κ3) is 3.19. The first-order valence-corrected chi connectivity index (χ1v) is 8.73. The number of carbonyl (C=O) groups is 1. The molecular formula is C21H24N2O2. The van der Waals surface area contributed by atoms with Crippen molar-refractivity contribution in [3.63, 3.8) is 0 Å². The molecule has 0 spiro atoms. The van der Waals surface area contributed by atoms with Crippen molar-refractivity contribution in [3.05, 3.63) is 52.4 Å². The molecule has 3 rings (SSSR count). The van der Waals surface area contributed by atoms with Crippen LogP contribution < -0.4 is 10.1 Å². The molecule has 4 heteroatoms. The summed E-state index contributed by atoms with van der Waals surface area (Å²) in [6, 6.07) is 10.0. The van der Waals surface area contributed by atoms with Crippen LogP contribution in [0.5, 0.6) is 5.75 Å². The molecule has 1 aromatic rings. The number of ether oxygens (including phenoxy) is 1. The smallest absolute Gasteiger partial charge is 0.162 e. The molecule has 0 aromatic heterocycles. The summed E-state index contributed by atoms with van der Waals surface area (Å²) in [5, 5.41) is 13.0. The van der Waals surface area contributed by atoms with Crippen LogP contribution >= 0.6 is 0 Å². The number of benzene rings is 1. The highest BCUT2D eigenvalue weighted by atomic mass is 16.5. The van der Waals surface area contributed by atoms with Crippen molar-refractivity contribution in [2.24, 2.45) is 5.41 Å². The van der Waals surface area contributed by atoms with Gasteiger partial charge in [-0.25, -0.2) is 0 Å². The number of nitrogens with one attached hydrogen (secondary N) is 1. The highest BCUT2D eigenvalue weighted by molar-refractivity contribution is 6.00. The number of carbonyl (C=O) groups excluding carboxylic acids is 1. The summed E-state index contributed by atoms with van der Waals surface area (Å²) in [5.41, 5.74) is 4.08. The van der Waals surface area contributed by atoms with Gasteiger partial charge in [0.15, 0.2) is 5.78 Å². The van der Waals surface area contributed by atoms with Crippen molar-refractivity contribution < 1.29 is 9.53 Å². The van der Waals surface area contributed by atoms with E-state index in [1.807, 2.05) is 38.1 Å². The monoisotopic (exact) mass is 336 g/mol. The summed E-state index contributed by atoms with van der Waals surface area (Å²) in [5.74, 6) is 0.642. The number of rotatable bonds is 3. The van der Waals surface area contributed by atoms with Crippen LogP contribution in [-0.2, 0) is 4.79 Å². The first kappa shape index (κ1) is 17.3. The van der Waals surface area contributed by atoms with Gasteiger partial charge in [-0.1, -0.05) is 26.0 Å². The van der Waals surface area contributed by atoms with Crippen LogP contribution in [-0.4, -0.2) is 12.4 Å². The van der Waals surface area contributed by atoms with E-state index >= 15 is 0 Å². The molecule has 1 N–H and O–H groups in total. The Bertz CT molecular complexity index is 807. The van der Waals surface area contributed by atoms with Crippen LogP contribution in [0.15, 0.2) is 46.8 Å². The highest BCUT2D eigenvalue weighted by Crippen LogP contribution is 2.46. The Hall–Kier alpha value is -2.54. The van der Waals surface area contributed by atoms with Crippen molar-refractivity contribution in [1.82, 2.24) is 5.32 Å². The Morgan fingerprint density at radius 3 is 2.56 bits per heavy atom. The van der Waals surface area contributed by atoms with E-state index in [1.165, 1.54) is 0 Å². The van der Waals surface area contributed by atoms with E-state index in [0.29, 0.717) is 18.6 Å². The predicted molar refractivity (Wildman–Crippen MR) is 96.8 cm³/mol. The number of ketones is 1. The summed E-state index contributed by atoms with van der Waals surface area (Å²) < 4.78 is 5.51. The standard InChI is InChI=1S/C21H24N2O2/c1-5-25-15-8-6-14(7-9-15)19-16(12-22)13(2)23-17-10-21(3,4)11-18(24)20(17)19/h6-9,19,23H,5,10-11H2,1-4H3. The minimum absolute atomic E-state index is 0.0588. The van der Waals surface area contributed by atoms with Crippen molar-refractivity contribution in [3.8, 4) is 11.8 Å². The van der Waals surface area contributed by atoms with E-state index < -0.39 is 0 Å². The molecule has 130 valence electrons. The summed E-state index contributed by atoms with van der Waals surface area (Å²) in [4.78, 5) is 12.9. The second kappa shape index (κ2) is 6.40. The Labute approximate surface area is 149 Å². The maximum Gasteiger partial charge on any atom is 0.162 e. The average Bonchev–Trinajstić information content (AvgIpc) is 2.53. The van der Waals surface area contributed by atoms with Gasteiger partial charge in [0.05, 0.1) is 24.2 Å². The third-order valence-electron chi connectivity index (χ3n) is 4.88. The molecule has 0 radical (unpaired) electrons. The van der Waals surface area contributed by atoms with Gasteiger partial charge in [-0.15, -0.1) is 0 Å². The Morgan fingerprint density at radius 2 is 1.96 bits per heavy atom. The van der Waals surface area contributed by atoms with Gasteiger partial charge in [0.2, 0.25) is 0 Å². The molecule has 25 heavy (non-hydrogen) atoms. The second-order valence-corrected chi connectivity index (χ2v) is 7.54. The van der Waals surface area contributed by atoms with Gasteiger partial charge < -0.3 is 10.1 Å². The molecular weight excluding hydrogens is 312 g/mol. The number of nitriles is 1. The SMILES string of the molecule is CCOc1ccc(C2C(C#N)=C(C)NC3=C2C(=O)CC(C)(C)C3)cc1. The van der Waals surface area contributed by atoms with Gasteiger partial charge in [-0.3, -0.25) is 4.79 Å². The fourth-order valence-corrected chi connectivity index (χ4v) is 3.84. The molecule has 0 saturated carbocycles. The fraction of sp³-hybridized carbons (Fsp3) is 0.429. The summed E-state index contributed by atoms with van der Waals surface area (Å²) >= 11 is 0. The molecule has 4 nitrogen and oxygen atoms in total. The van der Waals surface area contributed by atoms with Gasteiger partial charge in [0.1, 0.15) is 5.75 Å². The fourth-order valence-electron chi connectivity index (χ4n) is 3.84. The topological polar surface area (TPSA) is 62.1 Å². The van der Waals surface area contributed by atoms with Gasteiger partial charge >= 0.3 is 0 Å². The maximum atomic E-state index is 12.9. The number of dihydropyridines is 1. The zero-order valence-electron chi connectivity index (χ0n) is 15.3. The molecule has 1 unspecified atom stereocenters. The molecule has 1 aliphatic heterocycles. The van der Waals surface area contributed by atoms with Crippen LogP contribution in [0, 0.1) is 16.7 Å². The van der Waals surface area contributed by atoms with Crippen LogP contribution in [0.1, 0.15) is 52.0 Å². The Balaban J connectivity index is 2.09. The van der Waals surface area contributed by atoms with Crippen LogP contribution in [0.2, 0.25) is 0 Å². The molecule has 1 atom stereocenters. The van der Waals surface area contributed by atoms with E-state index in [0.717, 1.165) is 34.7 Å². The van der Waals surface area contributed by atoms with E-state index in [-0.39, 0.29) is 17.1 Å². The van der Waals surface area contributed by atoms with Crippen LogP contribution in [0.25, 0.3) is 0 Å². The van der Waals surface area contributed by atoms with Crippen molar-refractivity contribution in [1.29, 1.82) is 5.26 Å². The van der Waals surface area contributed by atoms with Crippen molar-refractivity contribution in [2.75, 3.05) is 6.61 Å². The Morgan fingerprint density at radius 1 is 1.28 bits per heavy atom. The second-order valence-electron chi connectivity index (χ2n) is 7.54. The number of Topliss-reactive ketones (excluding diaryl/α,β-unsaturated/α-hetero) is 1. The van der Waals surface area contributed by atoms with Crippen LogP contribution in [0.3, 0.4) is 0 Å². The lowest BCUT2D eigenvalue weighted by Crippen LogP contribution is -2.36. The van der Waals surface area contributed by atoms with E-state index in [4.69, 9.17) is 4.74 Å². The molecule has 2 aliphatic rings. The van der Waals surface area contributed by atoms with E-state index in [2.05, 4.69) is 25.2 Å². The lowest BCUT2D eigenvalue weighted by atomic mass is 9.69. The van der Waals surface area contributed by atoms with Crippen molar-refractivity contribution in [2.45, 2.75) is 46.5 Å². The van der Waals surface area contributed by atoms with Gasteiger partial charge in [0, 0.05) is 23.4 Å².